The SMILES string of the molecule is CCCCC1C(=O)NN(c2ccccc2)C1=O.O.O.[Cl][SnH]. The first-order valence-corrected chi connectivity index (χ1v) is 10.3. The molecule has 1 aliphatic heterocycles. The molecule has 1 atom stereocenters. The van der Waals surface area contributed by atoms with E-state index in [2.05, 4.69) is 5.43 Å². The maximum absolute atomic E-state index is 12.1. The first kappa shape index (κ1) is 22.4. The number of anilines is 1. The van der Waals surface area contributed by atoms with E-state index >= 15 is 0 Å². The number of amides is 2. The fourth-order valence-electron chi connectivity index (χ4n) is 1.94. The van der Waals surface area contributed by atoms with E-state index in [9.17, 15) is 9.59 Å². The fraction of sp³-hybridized carbons (Fsp3) is 0.385. The van der Waals surface area contributed by atoms with Gasteiger partial charge in [-0.3, -0.25) is 15.0 Å². The van der Waals surface area contributed by atoms with Crippen LogP contribution in [0.15, 0.2) is 30.3 Å². The van der Waals surface area contributed by atoms with Gasteiger partial charge in [-0.1, -0.05) is 38.0 Å². The molecule has 0 aliphatic carbocycles. The van der Waals surface area contributed by atoms with Gasteiger partial charge in [0, 0.05) is 0 Å². The van der Waals surface area contributed by atoms with Crippen LogP contribution in [0.25, 0.3) is 0 Å². The summed E-state index contributed by atoms with van der Waals surface area (Å²) in [5, 5.41) is 1.35. The van der Waals surface area contributed by atoms with Crippen molar-refractivity contribution in [1.82, 2.24) is 5.43 Å². The predicted molar refractivity (Wildman–Crippen MR) is 85.3 cm³/mol. The van der Waals surface area contributed by atoms with Crippen LogP contribution in [0.4, 0.5) is 5.69 Å². The fourth-order valence-corrected chi connectivity index (χ4v) is 1.94. The van der Waals surface area contributed by atoms with Crippen LogP contribution < -0.4 is 10.4 Å². The molecule has 118 valence electrons. The van der Waals surface area contributed by atoms with Crippen LogP contribution >= 0.6 is 8.92 Å². The van der Waals surface area contributed by atoms with Gasteiger partial charge in [0.1, 0.15) is 5.92 Å². The molecule has 1 aliphatic rings. The first-order valence-electron chi connectivity index (χ1n) is 6.15. The van der Waals surface area contributed by atoms with Gasteiger partial charge in [-0.15, -0.1) is 0 Å². The number of rotatable bonds is 4. The van der Waals surface area contributed by atoms with Crippen molar-refractivity contribution in [3.63, 3.8) is 0 Å². The first-order chi connectivity index (χ1) is 9.24. The molecule has 2 rings (SSSR count). The molecule has 1 heterocycles. The summed E-state index contributed by atoms with van der Waals surface area (Å²) in [7, 11) is 4.77. The van der Waals surface area contributed by atoms with Crippen LogP contribution in [0.1, 0.15) is 26.2 Å². The number of carbonyl (C=O) groups is 2. The van der Waals surface area contributed by atoms with E-state index in [0.29, 0.717) is 12.1 Å². The number of hydrogen-bond acceptors (Lipinski definition) is 2. The Morgan fingerprint density at radius 3 is 2.29 bits per heavy atom. The number of para-hydroxylation sites is 1. The van der Waals surface area contributed by atoms with Crippen LogP contribution in [0.5, 0.6) is 0 Å². The number of nitrogens with one attached hydrogen (secondary N) is 1. The van der Waals surface area contributed by atoms with Crippen molar-refractivity contribution >= 4 is 47.8 Å². The van der Waals surface area contributed by atoms with Crippen LogP contribution in [-0.4, -0.2) is 44.2 Å². The Labute approximate surface area is 141 Å². The Morgan fingerprint density at radius 2 is 1.76 bits per heavy atom. The summed E-state index contributed by atoms with van der Waals surface area (Å²) in [5.74, 6) is -0.850. The summed E-state index contributed by atoms with van der Waals surface area (Å²) in [6.07, 6.45) is 2.51. The standard InChI is InChI=1S/C13H16N2O2.ClH.2H2O.Sn.H/c1-2-3-9-11-12(16)14-15(13(11)17)10-7-5-4-6-8-10;;;;;/h4-8,11H,2-3,9H2,1H3,(H,14,16);1H;2*1H2;;/q;;;;+1;/p-1. The molecular formula is C13H21ClN2O4Sn. The van der Waals surface area contributed by atoms with E-state index in [1.807, 2.05) is 25.1 Å². The number of halogens is 1. The molecule has 0 saturated carbocycles. The molecule has 8 heteroatoms. The number of carbonyl (C=O) groups excluding carboxylic acids is 2. The molecule has 0 bridgehead atoms. The van der Waals surface area contributed by atoms with Gasteiger partial charge in [0.25, 0.3) is 11.8 Å². The average Bonchev–Trinajstić information content (AvgIpc) is 2.75. The minimum atomic E-state index is -0.518. The van der Waals surface area contributed by atoms with E-state index in [4.69, 9.17) is 8.92 Å². The Morgan fingerprint density at radius 1 is 1.19 bits per heavy atom. The van der Waals surface area contributed by atoms with Crippen molar-refractivity contribution in [3.8, 4) is 0 Å². The maximum atomic E-state index is 12.1. The number of hydrogen-bond donors (Lipinski definition) is 1. The topological polar surface area (TPSA) is 112 Å². The molecular weight excluding hydrogens is 402 g/mol. The number of hydrazine groups is 1. The molecule has 5 N–H and O–H groups in total. The molecule has 21 heavy (non-hydrogen) atoms. The number of nitrogens with zero attached hydrogens (tertiary/aromatic N) is 1. The normalized spacial score (nSPS) is 16.1. The van der Waals surface area contributed by atoms with Crippen molar-refractivity contribution in [2.75, 3.05) is 5.01 Å². The quantitative estimate of drug-likeness (QED) is 0.553. The van der Waals surface area contributed by atoms with Crippen molar-refractivity contribution in [1.29, 1.82) is 0 Å². The molecule has 2 amide bonds. The van der Waals surface area contributed by atoms with E-state index in [1.54, 1.807) is 12.1 Å². The molecule has 1 unspecified atom stereocenters. The minimum absolute atomic E-state index is 0. The second kappa shape index (κ2) is 11.8. The van der Waals surface area contributed by atoms with Gasteiger partial charge in [0.15, 0.2) is 0 Å². The third kappa shape index (κ3) is 5.82. The molecule has 1 fully saturated rings. The zero-order valence-electron chi connectivity index (χ0n) is 11.8. The summed E-state index contributed by atoms with van der Waals surface area (Å²) in [6, 6.07) is 9.17. The summed E-state index contributed by atoms with van der Waals surface area (Å²) in [4.78, 5) is 23.8. The Kier molecular flexibility index (Phi) is 12.6. The van der Waals surface area contributed by atoms with Gasteiger partial charge in [-0.25, -0.2) is 5.01 Å². The van der Waals surface area contributed by atoms with Crippen molar-refractivity contribution in [3.05, 3.63) is 30.3 Å². The molecule has 0 spiro atoms. The van der Waals surface area contributed by atoms with E-state index < -0.39 is 5.92 Å². The Hall–Kier alpha value is -0.831. The Bertz CT molecular complexity index is 433. The summed E-state index contributed by atoms with van der Waals surface area (Å²) in [6.45, 7) is 2.05. The van der Waals surface area contributed by atoms with Gasteiger partial charge < -0.3 is 11.0 Å². The molecule has 1 saturated heterocycles. The van der Waals surface area contributed by atoms with E-state index in [0.717, 1.165) is 34.2 Å². The van der Waals surface area contributed by atoms with Gasteiger partial charge in [-0.2, -0.15) is 0 Å². The van der Waals surface area contributed by atoms with Crippen LogP contribution in [-0.2, 0) is 9.59 Å². The van der Waals surface area contributed by atoms with Crippen molar-refractivity contribution in [2.45, 2.75) is 26.2 Å². The van der Waals surface area contributed by atoms with Gasteiger partial charge in [-0.05, 0) is 18.6 Å². The molecule has 1 aromatic carbocycles. The van der Waals surface area contributed by atoms with Crippen molar-refractivity contribution < 1.29 is 20.5 Å². The summed E-state index contributed by atoms with van der Waals surface area (Å²) < 4.78 is 0. The zero-order chi connectivity index (χ0) is 14.3. The van der Waals surface area contributed by atoms with Crippen LogP contribution in [0, 0.1) is 5.92 Å². The van der Waals surface area contributed by atoms with Gasteiger partial charge in [0.05, 0.1) is 5.69 Å². The number of unbranched alkanes of at least 4 members (excludes halogenated alkanes) is 1. The van der Waals surface area contributed by atoms with Crippen molar-refractivity contribution in [2.24, 2.45) is 5.92 Å². The molecule has 1 aromatic rings. The summed E-state index contributed by atoms with van der Waals surface area (Å²) >= 11 is 0.822. The molecule has 2 radical (unpaired) electrons. The third-order valence-corrected chi connectivity index (χ3v) is 2.92. The number of benzene rings is 1. The average molecular weight is 423 g/mol. The monoisotopic (exact) mass is 424 g/mol. The summed E-state index contributed by atoms with van der Waals surface area (Å²) in [5.41, 5.74) is 3.34. The van der Waals surface area contributed by atoms with E-state index in [-0.39, 0.29) is 22.8 Å². The molecule has 0 aromatic heterocycles. The Balaban J connectivity index is 0. The third-order valence-electron chi connectivity index (χ3n) is 2.92. The second-order valence-corrected chi connectivity index (χ2v) is 4.18. The molecule has 6 nitrogen and oxygen atoms in total. The second-order valence-electron chi connectivity index (χ2n) is 4.18. The van der Waals surface area contributed by atoms with Gasteiger partial charge in [0.2, 0.25) is 0 Å². The predicted octanol–water partition coefficient (Wildman–Crippen LogP) is 0.262. The van der Waals surface area contributed by atoms with Crippen LogP contribution in [0.2, 0.25) is 0 Å². The van der Waals surface area contributed by atoms with Gasteiger partial charge >= 0.3 is 30.3 Å². The van der Waals surface area contributed by atoms with E-state index in [1.165, 1.54) is 5.01 Å². The zero-order valence-corrected chi connectivity index (χ0v) is 15.9. The van der Waals surface area contributed by atoms with Crippen LogP contribution in [0.3, 0.4) is 0 Å².